The topological polar surface area (TPSA) is 52.5 Å². The Morgan fingerprint density at radius 3 is 2.53 bits per heavy atom. The van der Waals surface area contributed by atoms with Crippen LogP contribution in [0.2, 0.25) is 0 Å². The molecule has 0 unspecified atom stereocenters. The molecule has 88 valence electrons. The maximum absolute atomic E-state index is 8.63. The Morgan fingerprint density at radius 2 is 1.87 bits per heavy atom. The zero-order chi connectivity index (χ0) is 10.9. The molecule has 5 heteroatoms. The van der Waals surface area contributed by atoms with E-state index >= 15 is 0 Å². The molecule has 1 aliphatic rings. The Labute approximate surface area is 99.2 Å². The van der Waals surface area contributed by atoms with E-state index in [0.717, 1.165) is 19.3 Å². The molecule has 0 bridgehead atoms. The highest BCUT2D eigenvalue weighted by molar-refractivity contribution is 8.77. The number of rotatable bonds is 8. The standard InChI is InChI=1S/C10H19NO2S2/c12-10(13)7-5-3-1-2-4-6-9-8-14-15-11-9/h8,10-13H,1-7H2. The lowest BCUT2D eigenvalue weighted by atomic mass is 10.1. The fourth-order valence-electron chi connectivity index (χ4n) is 1.47. The van der Waals surface area contributed by atoms with E-state index < -0.39 is 6.29 Å². The first kappa shape index (κ1) is 13.2. The molecule has 3 nitrogen and oxygen atoms in total. The molecule has 15 heavy (non-hydrogen) atoms. The molecule has 0 saturated heterocycles. The van der Waals surface area contributed by atoms with Crippen LogP contribution in [-0.4, -0.2) is 16.5 Å². The van der Waals surface area contributed by atoms with E-state index in [0.29, 0.717) is 6.42 Å². The Kier molecular flexibility index (Phi) is 7.34. The smallest absolute Gasteiger partial charge is 0.151 e. The average molecular weight is 249 g/mol. The van der Waals surface area contributed by atoms with Crippen LogP contribution in [0, 0.1) is 0 Å². The van der Waals surface area contributed by atoms with E-state index in [1.807, 2.05) is 0 Å². The minimum Gasteiger partial charge on any atom is -0.368 e. The van der Waals surface area contributed by atoms with Crippen molar-refractivity contribution in [3.8, 4) is 0 Å². The molecular formula is C10H19NO2S2. The van der Waals surface area contributed by atoms with Gasteiger partial charge in [0.15, 0.2) is 6.29 Å². The van der Waals surface area contributed by atoms with Crippen molar-refractivity contribution in [3.63, 3.8) is 0 Å². The highest BCUT2D eigenvalue weighted by atomic mass is 33.1. The Morgan fingerprint density at radius 1 is 1.13 bits per heavy atom. The highest BCUT2D eigenvalue weighted by Crippen LogP contribution is 2.30. The maximum atomic E-state index is 8.63. The van der Waals surface area contributed by atoms with Crippen LogP contribution >= 0.6 is 21.8 Å². The first-order valence-electron chi connectivity index (χ1n) is 5.42. The van der Waals surface area contributed by atoms with Crippen molar-refractivity contribution in [1.29, 1.82) is 0 Å². The van der Waals surface area contributed by atoms with Gasteiger partial charge in [0.25, 0.3) is 0 Å². The van der Waals surface area contributed by atoms with Gasteiger partial charge in [-0.1, -0.05) is 19.3 Å². The maximum Gasteiger partial charge on any atom is 0.151 e. The zero-order valence-electron chi connectivity index (χ0n) is 8.82. The van der Waals surface area contributed by atoms with Gasteiger partial charge >= 0.3 is 0 Å². The fourth-order valence-corrected chi connectivity index (χ4v) is 3.16. The predicted octanol–water partition coefficient (Wildman–Crippen LogP) is 2.77. The molecule has 1 aliphatic heterocycles. The van der Waals surface area contributed by atoms with Crippen molar-refractivity contribution in [3.05, 3.63) is 11.1 Å². The van der Waals surface area contributed by atoms with E-state index in [2.05, 4.69) is 10.1 Å². The summed E-state index contributed by atoms with van der Waals surface area (Å²) < 4.78 is 3.25. The monoisotopic (exact) mass is 249 g/mol. The van der Waals surface area contributed by atoms with Gasteiger partial charge in [0.05, 0.1) is 0 Å². The Hall–Kier alpha value is 0.160. The lowest BCUT2D eigenvalue weighted by Gasteiger charge is -2.04. The number of aliphatic hydroxyl groups excluding tert-OH is 1. The average Bonchev–Trinajstić information content (AvgIpc) is 2.68. The summed E-state index contributed by atoms with van der Waals surface area (Å²) in [6.07, 6.45) is 6.21. The van der Waals surface area contributed by atoms with Crippen LogP contribution in [0.1, 0.15) is 44.9 Å². The van der Waals surface area contributed by atoms with Crippen molar-refractivity contribution in [2.24, 2.45) is 0 Å². The number of nitrogens with one attached hydrogen (secondary N) is 1. The molecule has 0 fully saturated rings. The highest BCUT2D eigenvalue weighted by Gasteiger charge is 2.03. The second-order valence-corrected chi connectivity index (χ2v) is 5.59. The van der Waals surface area contributed by atoms with Crippen molar-refractivity contribution in [2.45, 2.75) is 51.2 Å². The summed E-state index contributed by atoms with van der Waals surface area (Å²) in [6, 6.07) is 0. The number of aliphatic hydroxyl groups is 2. The third-order valence-corrected chi connectivity index (χ3v) is 3.97. The number of allylic oxidation sites excluding steroid dienone is 1. The molecule has 0 aliphatic carbocycles. The summed E-state index contributed by atoms with van der Waals surface area (Å²) in [7, 11) is 3.42. The summed E-state index contributed by atoms with van der Waals surface area (Å²) in [4.78, 5) is 0. The first-order chi connectivity index (χ1) is 7.29. The quantitative estimate of drug-likeness (QED) is 0.267. The SMILES string of the molecule is OC(O)CCCCCCCC1=CSSN1. The van der Waals surface area contributed by atoms with Crippen molar-refractivity contribution in [1.82, 2.24) is 4.72 Å². The molecule has 0 spiro atoms. The van der Waals surface area contributed by atoms with Crippen LogP contribution in [0.4, 0.5) is 0 Å². The fraction of sp³-hybridized carbons (Fsp3) is 0.800. The second kappa shape index (κ2) is 8.33. The molecule has 0 atom stereocenters. The summed E-state index contributed by atoms with van der Waals surface area (Å²) >= 11 is 0. The first-order valence-corrected chi connectivity index (χ1v) is 7.64. The number of unbranched alkanes of at least 4 members (excludes halogenated alkanes) is 4. The third-order valence-electron chi connectivity index (χ3n) is 2.32. The minimum absolute atomic E-state index is 0.514. The van der Waals surface area contributed by atoms with Crippen LogP contribution < -0.4 is 4.72 Å². The predicted molar refractivity (Wildman–Crippen MR) is 66.9 cm³/mol. The van der Waals surface area contributed by atoms with Crippen molar-refractivity contribution >= 4 is 21.8 Å². The largest absolute Gasteiger partial charge is 0.368 e. The van der Waals surface area contributed by atoms with Crippen LogP contribution in [0.5, 0.6) is 0 Å². The van der Waals surface area contributed by atoms with Gasteiger partial charge in [0.1, 0.15) is 0 Å². The van der Waals surface area contributed by atoms with Gasteiger partial charge in [-0.25, -0.2) is 0 Å². The molecule has 0 aromatic carbocycles. The van der Waals surface area contributed by atoms with E-state index in [1.165, 1.54) is 25.0 Å². The normalized spacial score (nSPS) is 15.5. The van der Waals surface area contributed by atoms with Crippen LogP contribution in [0.3, 0.4) is 0 Å². The van der Waals surface area contributed by atoms with E-state index in [4.69, 9.17) is 10.2 Å². The van der Waals surface area contributed by atoms with Gasteiger partial charge in [-0.15, -0.1) is 0 Å². The van der Waals surface area contributed by atoms with Gasteiger partial charge in [0, 0.05) is 22.1 Å². The van der Waals surface area contributed by atoms with E-state index in [9.17, 15) is 0 Å². The second-order valence-electron chi connectivity index (χ2n) is 3.71. The van der Waals surface area contributed by atoms with Crippen molar-refractivity contribution < 1.29 is 10.2 Å². The van der Waals surface area contributed by atoms with Gasteiger partial charge in [0.2, 0.25) is 0 Å². The number of hydrogen-bond donors (Lipinski definition) is 3. The van der Waals surface area contributed by atoms with Gasteiger partial charge in [-0.05, 0) is 36.5 Å². The summed E-state index contributed by atoms with van der Waals surface area (Å²) in [5.74, 6) is 0. The molecule has 1 rings (SSSR count). The molecule has 1 heterocycles. The van der Waals surface area contributed by atoms with Crippen LogP contribution in [0.25, 0.3) is 0 Å². The van der Waals surface area contributed by atoms with Gasteiger partial charge in [-0.3, -0.25) is 0 Å². The van der Waals surface area contributed by atoms with Crippen LogP contribution in [-0.2, 0) is 0 Å². The van der Waals surface area contributed by atoms with Gasteiger partial charge in [-0.2, -0.15) is 0 Å². The molecule has 0 aromatic heterocycles. The van der Waals surface area contributed by atoms with Crippen LogP contribution in [0.15, 0.2) is 11.1 Å². The molecule has 0 saturated carbocycles. The van der Waals surface area contributed by atoms with Gasteiger partial charge < -0.3 is 14.9 Å². The lowest BCUT2D eigenvalue weighted by Crippen LogP contribution is -2.02. The summed E-state index contributed by atoms with van der Waals surface area (Å²) in [6.45, 7) is 0. The summed E-state index contributed by atoms with van der Waals surface area (Å²) in [5.41, 5.74) is 1.34. The molecule has 0 aromatic rings. The van der Waals surface area contributed by atoms with Crippen molar-refractivity contribution in [2.75, 3.05) is 0 Å². The van der Waals surface area contributed by atoms with E-state index in [1.54, 1.807) is 21.8 Å². The Bertz CT molecular complexity index is 198. The zero-order valence-corrected chi connectivity index (χ0v) is 10.4. The number of hydrogen-bond acceptors (Lipinski definition) is 5. The molecule has 3 N–H and O–H groups in total. The molecular weight excluding hydrogens is 230 g/mol. The third kappa shape index (κ3) is 7.11. The van der Waals surface area contributed by atoms with E-state index in [-0.39, 0.29) is 0 Å². The summed E-state index contributed by atoms with van der Waals surface area (Å²) in [5, 5.41) is 19.4. The minimum atomic E-state index is -1.12. The Balaban J connectivity index is 1.81. The molecule has 0 radical (unpaired) electrons. The lowest BCUT2D eigenvalue weighted by molar-refractivity contribution is -0.0466. The molecule has 0 amide bonds.